The molecule has 0 amide bonds. The maximum Gasteiger partial charge on any atom is 0.131 e. The Morgan fingerprint density at radius 1 is 1.38 bits per heavy atom. The van der Waals surface area contributed by atoms with Gasteiger partial charge in [0, 0.05) is 0 Å². The molecule has 0 aliphatic rings. The molecule has 0 bridgehead atoms. The van der Waals surface area contributed by atoms with Crippen molar-refractivity contribution in [2.24, 2.45) is 0 Å². The molecule has 1 unspecified atom stereocenters. The van der Waals surface area contributed by atoms with E-state index in [1.807, 2.05) is 0 Å². The molecule has 6 heteroatoms. The fourth-order valence-corrected chi connectivity index (χ4v) is 0.991. The normalized spacial score (nSPS) is 12.8. The van der Waals surface area contributed by atoms with Crippen LogP contribution >= 0.6 is 0 Å². The third-order valence-electron chi connectivity index (χ3n) is 1.36. The highest BCUT2D eigenvalue weighted by atomic mass is 32.2. The number of hydrogen-bond acceptors (Lipinski definition) is 3. The number of halogens is 2. The molecule has 0 radical (unpaired) electrons. The van der Waals surface area contributed by atoms with E-state index in [0.717, 1.165) is 12.1 Å². The predicted octanol–water partition coefficient (Wildman–Crippen LogP) is 1.28. The van der Waals surface area contributed by atoms with Crippen LogP contribution in [0, 0.1) is 11.6 Å². The first kappa shape index (κ1) is 10.2. The quantitative estimate of drug-likeness (QED) is 0.701. The molecule has 72 valence electrons. The van der Waals surface area contributed by atoms with Gasteiger partial charge >= 0.3 is 0 Å². The third-order valence-corrected chi connectivity index (χ3v) is 1.67. The monoisotopic (exact) mass is 207 g/mol. The van der Waals surface area contributed by atoms with Crippen LogP contribution in [0.5, 0.6) is 0 Å². The maximum absolute atomic E-state index is 12.8. The Balaban J connectivity index is 2.81. The van der Waals surface area contributed by atoms with E-state index in [1.165, 1.54) is 6.07 Å². The largest absolute Gasteiger partial charge is 0.750 e. The van der Waals surface area contributed by atoms with Gasteiger partial charge in [0.2, 0.25) is 0 Å². The number of benzene rings is 1. The Labute approximate surface area is 75.8 Å². The van der Waals surface area contributed by atoms with E-state index >= 15 is 0 Å². The van der Waals surface area contributed by atoms with Gasteiger partial charge in [0.1, 0.15) is 11.6 Å². The fraction of sp³-hybridized carbons (Fsp3) is 0.143. The van der Waals surface area contributed by atoms with Crippen LogP contribution in [-0.2, 0) is 22.2 Å². The molecule has 1 atom stereocenters. The van der Waals surface area contributed by atoms with E-state index in [1.54, 1.807) is 0 Å². The van der Waals surface area contributed by atoms with Gasteiger partial charge in [0.15, 0.2) is 0 Å². The lowest BCUT2D eigenvalue weighted by Crippen LogP contribution is -2.01. The topological polar surface area (TPSA) is 49.4 Å². The fourth-order valence-electron chi connectivity index (χ4n) is 0.777. The first-order valence-electron chi connectivity index (χ1n) is 3.26. The molecule has 1 aromatic carbocycles. The lowest BCUT2D eigenvalue weighted by Gasteiger charge is -2.07. The van der Waals surface area contributed by atoms with Crippen LogP contribution in [0.25, 0.3) is 0 Å². The molecule has 0 N–H and O–H groups in total. The molecule has 0 fully saturated rings. The summed E-state index contributed by atoms with van der Waals surface area (Å²) in [5.74, 6) is -1.66. The van der Waals surface area contributed by atoms with Crippen LogP contribution in [0.15, 0.2) is 18.2 Å². The van der Waals surface area contributed by atoms with Gasteiger partial charge in [0.05, 0.1) is 23.5 Å². The summed E-state index contributed by atoms with van der Waals surface area (Å²) in [4.78, 5) is 0. The van der Waals surface area contributed by atoms with Crippen molar-refractivity contribution >= 4 is 11.4 Å². The highest BCUT2D eigenvalue weighted by Crippen LogP contribution is 2.13. The molecular weight excluding hydrogens is 202 g/mol. The Bertz CT molecular complexity index is 309. The van der Waals surface area contributed by atoms with Crippen molar-refractivity contribution in [1.82, 2.24) is 0 Å². The molecule has 0 aliphatic heterocycles. The molecule has 0 saturated heterocycles. The second-order valence-corrected chi connectivity index (χ2v) is 2.81. The average molecular weight is 207 g/mol. The Kier molecular flexibility index (Phi) is 3.47. The number of rotatable bonds is 3. The summed E-state index contributed by atoms with van der Waals surface area (Å²) in [5.41, 5.74) is -0.397. The summed E-state index contributed by atoms with van der Waals surface area (Å²) in [7, 11) is 0. The predicted molar refractivity (Wildman–Crippen MR) is 40.1 cm³/mol. The lowest BCUT2D eigenvalue weighted by molar-refractivity contribution is 0.280. The smallest absolute Gasteiger partial charge is 0.131 e. The van der Waals surface area contributed by atoms with Crippen molar-refractivity contribution in [3.8, 4) is 0 Å². The van der Waals surface area contributed by atoms with Crippen LogP contribution in [0.2, 0.25) is 0 Å². The summed E-state index contributed by atoms with van der Waals surface area (Å²) < 4.78 is 49.4. The van der Waals surface area contributed by atoms with Crippen molar-refractivity contribution in [3.63, 3.8) is 0 Å². The van der Waals surface area contributed by atoms with Crippen molar-refractivity contribution in [2.75, 3.05) is 0 Å². The first-order valence-corrected chi connectivity index (χ1v) is 4.26. The minimum atomic E-state index is -2.77. The summed E-state index contributed by atoms with van der Waals surface area (Å²) in [5, 5.41) is 0. The minimum absolute atomic E-state index is 0.397. The van der Waals surface area contributed by atoms with Crippen molar-refractivity contribution in [2.45, 2.75) is 6.61 Å². The van der Waals surface area contributed by atoms with Gasteiger partial charge < -0.3 is 4.55 Å². The summed E-state index contributed by atoms with van der Waals surface area (Å²) in [6.45, 7) is -0.630. The third kappa shape index (κ3) is 2.83. The zero-order valence-corrected chi connectivity index (χ0v) is 7.14. The molecule has 0 aromatic heterocycles. The zero-order chi connectivity index (χ0) is 9.84. The molecule has 0 heterocycles. The van der Waals surface area contributed by atoms with Crippen LogP contribution in [0.1, 0.15) is 5.56 Å². The van der Waals surface area contributed by atoms with Gasteiger partial charge in [-0.1, -0.05) is 6.07 Å². The van der Waals surface area contributed by atoms with Crippen LogP contribution in [0.4, 0.5) is 8.78 Å². The van der Waals surface area contributed by atoms with E-state index in [2.05, 4.69) is 4.18 Å². The number of hydrogen-bond donors (Lipinski definition) is 0. The average Bonchev–Trinajstić information content (AvgIpc) is 2.03. The molecule has 13 heavy (non-hydrogen) atoms. The summed E-state index contributed by atoms with van der Waals surface area (Å²) >= 11 is -2.77. The van der Waals surface area contributed by atoms with Gasteiger partial charge in [-0.25, -0.2) is 13.0 Å². The molecule has 0 spiro atoms. The van der Waals surface area contributed by atoms with Gasteiger partial charge in [-0.3, -0.25) is 4.18 Å². The minimum Gasteiger partial charge on any atom is -0.750 e. The van der Waals surface area contributed by atoms with E-state index in [9.17, 15) is 17.5 Å². The van der Waals surface area contributed by atoms with Crippen LogP contribution in [0.3, 0.4) is 0 Å². The molecule has 0 aliphatic carbocycles. The molecular formula is C7H5F2O3S-. The first-order chi connectivity index (χ1) is 6.11. The second kappa shape index (κ2) is 4.40. The second-order valence-electron chi connectivity index (χ2n) is 2.17. The Morgan fingerprint density at radius 3 is 2.38 bits per heavy atom. The lowest BCUT2D eigenvalue weighted by atomic mass is 10.2. The van der Waals surface area contributed by atoms with Gasteiger partial charge in [0.25, 0.3) is 0 Å². The van der Waals surface area contributed by atoms with Crippen LogP contribution < -0.4 is 0 Å². The van der Waals surface area contributed by atoms with E-state index in [-0.39, 0.29) is 0 Å². The van der Waals surface area contributed by atoms with Gasteiger partial charge in [-0.05, 0) is 12.1 Å². The highest BCUT2D eigenvalue weighted by Gasteiger charge is 2.07. The standard InChI is InChI=1S/C7H6F2O3S/c8-6-2-1-3-7(9)5(6)4-12-13(10)11/h1-3H,4H2,(H,10,11)/p-1. The van der Waals surface area contributed by atoms with Crippen molar-refractivity contribution < 1.29 is 21.7 Å². The molecule has 0 saturated carbocycles. The van der Waals surface area contributed by atoms with E-state index in [4.69, 9.17) is 0 Å². The highest BCUT2D eigenvalue weighted by molar-refractivity contribution is 7.74. The van der Waals surface area contributed by atoms with Crippen molar-refractivity contribution in [3.05, 3.63) is 35.4 Å². The Morgan fingerprint density at radius 2 is 1.92 bits per heavy atom. The zero-order valence-electron chi connectivity index (χ0n) is 6.33. The summed E-state index contributed by atoms with van der Waals surface area (Å²) in [6, 6.07) is 3.23. The van der Waals surface area contributed by atoms with Gasteiger partial charge in [-0.2, -0.15) is 0 Å². The van der Waals surface area contributed by atoms with E-state index in [0.29, 0.717) is 0 Å². The SMILES string of the molecule is O=S([O-])OCc1c(F)cccc1F. The molecule has 1 rings (SSSR count). The molecule has 3 nitrogen and oxygen atoms in total. The van der Waals surface area contributed by atoms with E-state index < -0.39 is 35.2 Å². The van der Waals surface area contributed by atoms with Gasteiger partial charge in [-0.15, -0.1) is 0 Å². The maximum atomic E-state index is 12.8. The van der Waals surface area contributed by atoms with Crippen LogP contribution in [-0.4, -0.2) is 8.76 Å². The Hall–Kier alpha value is -0.850. The summed E-state index contributed by atoms with van der Waals surface area (Å²) in [6.07, 6.45) is 0. The molecule has 1 aromatic rings. The van der Waals surface area contributed by atoms with Crippen molar-refractivity contribution in [1.29, 1.82) is 0 Å².